The molecule has 0 atom stereocenters. The molecule has 1 aliphatic rings. The molecule has 0 amide bonds. The summed E-state index contributed by atoms with van der Waals surface area (Å²) in [7, 11) is 2.05. The number of fused-ring (bicyclic) bond motifs is 1. The highest BCUT2D eigenvalue weighted by atomic mass is 35.5. The SMILES string of the molecule is Cn1c(NCc2ccc(Oc3ccc(Cl)cc3)cc2)nc2ccc(CC3COC3)cc21. The molecule has 1 aliphatic heterocycles. The van der Waals surface area contributed by atoms with E-state index in [2.05, 4.69) is 47.3 Å². The lowest BCUT2D eigenvalue weighted by Gasteiger charge is -2.25. The predicted molar refractivity (Wildman–Crippen MR) is 124 cm³/mol. The number of aryl methyl sites for hydroxylation is 1. The first-order valence-electron chi connectivity index (χ1n) is 10.4. The molecule has 0 spiro atoms. The summed E-state index contributed by atoms with van der Waals surface area (Å²) in [6.07, 6.45) is 1.06. The number of imidazole rings is 1. The van der Waals surface area contributed by atoms with Gasteiger partial charge in [0.15, 0.2) is 0 Å². The van der Waals surface area contributed by atoms with Gasteiger partial charge >= 0.3 is 0 Å². The number of benzene rings is 3. The molecule has 1 aromatic heterocycles. The van der Waals surface area contributed by atoms with E-state index in [1.807, 2.05) is 36.4 Å². The summed E-state index contributed by atoms with van der Waals surface area (Å²) in [5.41, 5.74) is 4.64. The highest BCUT2D eigenvalue weighted by Gasteiger charge is 2.19. The molecule has 6 heteroatoms. The molecular formula is C25H24ClN3O2. The summed E-state index contributed by atoms with van der Waals surface area (Å²) < 4.78 is 13.3. The number of anilines is 1. The third-order valence-electron chi connectivity index (χ3n) is 5.60. The first-order chi connectivity index (χ1) is 15.1. The first kappa shape index (κ1) is 19.9. The summed E-state index contributed by atoms with van der Waals surface area (Å²) in [5, 5.41) is 4.15. The number of hydrogen-bond donors (Lipinski definition) is 1. The molecular weight excluding hydrogens is 410 g/mol. The van der Waals surface area contributed by atoms with Gasteiger partial charge in [-0.2, -0.15) is 0 Å². The summed E-state index contributed by atoms with van der Waals surface area (Å²) in [6.45, 7) is 2.43. The Hall–Kier alpha value is -3.02. The van der Waals surface area contributed by atoms with Gasteiger partial charge in [-0.25, -0.2) is 4.98 Å². The van der Waals surface area contributed by atoms with Crippen molar-refractivity contribution in [1.82, 2.24) is 9.55 Å². The van der Waals surface area contributed by atoms with Crippen molar-refractivity contribution in [2.45, 2.75) is 13.0 Å². The molecule has 1 saturated heterocycles. The van der Waals surface area contributed by atoms with Crippen LogP contribution < -0.4 is 10.1 Å². The highest BCUT2D eigenvalue weighted by Crippen LogP contribution is 2.25. The molecule has 0 bridgehead atoms. The quantitative estimate of drug-likeness (QED) is 0.399. The lowest BCUT2D eigenvalue weighted by atomic mass is 9.98. The van der Waals surface area contributed by atoms with Crippen LogP contribution in [0.4, 0.5) is 5.95 Å². The van der Waals surface area contributed by atoms with Crippen LogP contribution >= 0.6 is 11.6 Å². The Bertz CT molecular complexity index is 1180. The Kier molecular flexibility index (Phi) is 5.53. The van der Waals surface area contributed by atoms with Crippen molar-refractivity contribution in [2.75, 3.05) is 18.5 Å². The van der Waals surface area contributed by atoms with Crippen molar-refractivity contribution in [1.29, 1.82) is 0 Å². The van der Waals surface area contributed by atoms with Crippen LogP contribution in [0, 0.1) is 5.92 Å². The monoisotopic (exact) mass is 433 g/mol. The average molecular weight is 434 g/mol. The van der Waals surface area contributed by atoms with Crippen LogP contribution in [0.5, 0.6) is 11.5 Å². The van der Waals surface area contributed by atoms with E-state index in [-0.39, 0.29) is 0 Å². The standard InChI is InChI=1S/C25H24ClN3O2/c1-29-24-13-18(12-19-15-30-16-19)4-11-23(24)28-25(29)27-14-17-2-7-21(8-3-17)31-22-9-5-20(26)6-10-22/h2-11,13,19H,12,14-16H2,1H3,(H,27,28). The van der Waals surface area contributed by atoms with Gasteiger partial charge in [-0.3, -0.25) is 0 Å². The van der Waals surface area contributed by atoms with Crippen LogP contribution in [0.2, 0.25) is 5.02 Å². The minimum Gasteiger partial charge on any atom is -0.457 e. The van der Waals surface area contributed by atoms with Crippen molar-refractivity contribution < 1.29 is 9.47 Å². The maximum absolute atomic E-state index is 5.92. The summed E-state index contributed by atoms with van der Waals surface area (Å²) in [5.74, 6) is 3.06. The van der Waals surface area contributed by atoms with Crippen LogP contribution in [0.3, 0.4) is 0 Å². The smallest absolute Gasteiger partial charge is 0.203 e. The number of rotatable bonds is 7. The van der Waals surface area contributed by atoms with Crippen molar-refractivity contribution in [3.8, 4) is 11.5 Å². The summed E-state index contributed by atoms with van der Waals surface area (Å²) in [4.78, 5) is 4.75. The third-order valence-corrected chi connectivity index (χ3v) is 5.85. The van der Waals surface area contributed by atoms with Crippen LogP contribution in [-0.2, 0) is 24.8 Å². The molecule has 4 aromatic rings. The van der Waals surface area contributed by atoms with Crippen molar-refractivity contribution >= 4 is 28.6 Å². The topological polar surface area (TPSA) is 48.3 Å². The third kappa shape index (κ3) is 4.53. The van der Waals surface area contributed by atoms with E-state index in [0.29, 0.717) is 17.5 Å². The number of halogens is 1. The second-order valence-corrected chi connectivity index (χ2v) is 8.42. The van der Waals surface area contributed by atoms with E-state index in [4.69, 9.17) is 26.1 Å². The van der Waals surface area contributed by atoms with Crippen LogP contribution in [-0.4, -0.2) is 22.8 Å². The second-order valence-electron chi connectivity index (χ2n) is 7.98. The first-order valence-corrected chi connectivity index (χ1v) is 10.8. The fourth-order valence-corrected chi connectivity index (χ4v) is 3.88. The average Bonchev–Trinajstić information content (AvgIpc) is 3.07. The molecule has 1 fully saturated rings. The highest BCUT2D eigenvalue weighted by molar-refractivity contribution is 6.30. The fraction of sp³-hybridized carbons (Fsp3) is 0.240. The lowest BCUT2D eigenvalue weighted by Crippen LogP contribution is -2.29. The number of aromatic nitrogens is 2. The number of hydrogen-bond acceptors (Lipinski definition) is 4. The molecule has 0 radical (unpaired) electrons. The zero-order chi connectivity index (χ0) is 21.2. The van der Waals surface area contributed by atoms with Crippen molar-refractivity contribution in [2.24, 2.45) is 13.0 Å². The van der Waals surface area contributed by atoms with E-state index in [1.54, 1.807) is 0 Å². The summed E-state index contributed by atoms with van der Waals surface area (Å²) in [6, 6.07) is 21.9. The van der Waals surface area contributed by atoms with Gasteiger partial charge in [0.1, 0.15) is 11.5 Å². The zero-order valence-electron chi connectivity index (χ0n) is 17.3. The van der Waals surface area contributed by atoms with Gasteiger partial charge < -0.3 is 19.4 Å². The molecule has 158 valence electrons. The van der Waals surface area contributed by atoms with Gasteiger partial charge in [0.25, 0.3) is 0 Å². The molecule has 31 heavy (non-hydrogen) atoms. The van der Waals surface area contributed by atoms with Crippen molar-refractivity contribution in [3.05, 3.63) is 82.9 Å². The molecule has 0 aliphatic carbocycles. The molecule has 5 nitrogen and oxygen atoms in total. The molecule has 5 rings (SSSR count). The van der Waals surface area contributed by atoms with E-state index in [9.17, 15) is 0 Å². The lowest BCUT2D eigenvalue weighted by molar-refractivity contribution is -0.0312. The number of nitrogens with zero attached hydrogens (tertiary/aromatic N) is 2. The minimum atomic E-state index is 0.648. The van der Waals surface area contributed by atoms with Crippen LogP contribution in [0.15, 0.2) is 66.7 Å². The maximum Gasteiger partial charge on any atom is 0.203 e. The Morgan fingerprint density at radius 2 is 1.68 bits per heavy atom. The normalized spacial score (nSPS) is 13.9. The molecule has 3 aromatic carbocycles. The largest absolute Gasteiger partial charge is 0.457 e. The molecule has 0 saturated carbocycles. The van der Waals surface area contributed by atoms with Gasteiger partial charge in [-0.1, -0.05) is 29.8 Å². The van der Waals surface area contributed by atoms with E-state index < -0.39 is 0 Å². The van der Waals surface area contributed by atoms with Gasteiger partial charge in [0.05, 0.1) is 24.2 Å². The maximum atomic E-state index is 5.92. The van der Waals surface area contributed by atoms with Gasteiger partial charge in [0, 0.05) is 24.5 Å². The van der Waals surface area contributed by atoms with Crippen molar-refractivity contribution in [3.63, 3.8) is 0 Å². The van der Waals surface area contributed by atoms with E-state index in [0.717, 1.165) is 53.7 Å². The Morgan fingerprint density at radius 1 is 1.00 bits per heavy atom. The van der Waals surface area contributed by atoms with Gasteiger partial charge in [0.2, 0.25) is 5.95 Å². The Balaban J connectivity index is 1.23. The van der Waals surface area contributed by atoms with Crippen LogP contribution in [0.25, 0.3) is 11.0 Å². The minimum absolute atomic E-state index is 0.648. The zero-order valence-corrected chi connectivity index (χ0v) is 18.1. The summed E-state index contributed by atoms with van der Waals surface area (Å²) >= 11 is 5.92. The predicted octanol–water partition coefficient (Wildman–Crippen LogP) is 5.82. The van der Waals surface area contributed by atoms with E-state index >= 15 is 0 Å². The molecule has 1 N–H and O–H groups in total. The fourth-order valence-electron chi connectivity index (χ4n) is 3.75. The second kappa shape index (κ2) is 8.61. The number of ether oxygens (including phenoxy) is 2. The van der Waals surface area contributed by atoms with Gasteiger partial charge in [-0.05, 0) is 66.1 Å². The Labute approximate surface area is 186 Å². The number of nitrogens with one attached hydrogen (secondary N) is 1. The molecule has 0 unspecified atom stereocenters. The Morgan fingerprint density at radius 3 is 2.35 bits per heavy atom. The van der Waals surface area contributed by atoms with Crippen LogP contribution in [0.1, 0.15) is 11.1 Å². The van der Waals surface area contributed by atoms with E-state index in [1.165, 1.54) is 5.56 Å². The van der Waals surface area contributed by atoms with Gasteiger partial charge in [-0.15, -0.1) is 0 Å². The molecule has 2 heterocycles.